The number of fused-ring (bicyclic) bond motifs is 1. The number of piperidine rings is 1. The van der Waals surface area contributed by atoms with Crippen LogP contribution in [0.3, 0.4) is 0 Å². The first-order valence-corrected chi connectivity index (χ1v) is 6.32. The molecule has 2 aromatic rings. The number of nitrogen functional groups attached to an aromatic ring is 1. The lowest BCUT2D eigenvalue weighted by Crippen LogP contribution is -2.38. The average Bonchev–Trinajstić information content (AvgIpc) is 2.41. The summed E-state index contributed by atoms with van der Waals surface area (Å²) in [5, 5.41) is 6.74. The van der Waals surface area contributed by atoms with Crippen molar-refractivity contribution in [1.29, 1.82) is 0 Å². The van der Waals surface area contributed by atoms with Gasteiger partial charge < -0.3 is 16.4 Å². The molecule has 6 heteroatoms. The van der Waals surface area contributed by atoms with Crippen LogP contribution in [0, 0.1) is 0 Å². The van der Waals surface area contributed by atoms with Gasteiger partial charge in [-0.05, 0) is 31.5 Å². The highest BCUT2D eigenvalue weighted by atomic mass is 35.5. The Bertz CT molecular complexity index is 554. The highest BCUT2D eigenvalue weighted by Gasteiger charge is 2.15. The Balaban J connectivity index is 0.00000133. The number of nitrogens with one attached hydrogen (secondary N) is 2. The number of rotatable bonds is 2. The predicted molar refractivity (Wildman–Crippen MR) is 80.7 cm³/mol. The van der Waals surface area contributed by atoms with Gasteiger partial charge in [0.05, 0.1) is 11.0 Å². The topological polar surface area (TPSA) is 75.9 Å². The summed E-state index contributed by atoms with van der Waals surface area (Å²) in [6, 6.07) is 8.15. The molecule has 4 N–H and O–H groups in total. The molecule has 0 bridgehead atoms. The summed E-state index contributed by atoms with van der Waals surface area (Å²) < 4.78 is 0. The van der Waals surface area contributed by atoms with E-state index >= 15 is 0 Å². The van der Waals surface area contributed by atoms with Crippen molar-refractivity contribution in [2.24, 2.45) is 0 Å². The van der Waals surface area contributed by atoms with Crippen LogP contribution in [0.1, 0.15) is 12.8 Å². The van der Waals surface area contributed by atoms with E-state index in [1.807, 2.05) is 24.3 Å². The second-order valence-corrected chi connectivity index (χ2v) is 4.63. The minimum Gasteiger partial charge on any atom is -0.381 e. The number of halogens is 1. The first kappa shape index (κ1) is 13.8. The molecule has 0 spiro atoms. The zero-order chi connectivity index (χ0) is 12.4. The van der Waals surface area contributed by atoms with Gasteiger partial charge in [-0.25, -0.2) is 9.97 Å². The maximum atomic E-state index is 5.95. The highest BCUT2D eigenvalue weighted by Crippen LogP contribution is 2.20. The van der Waals surface area contributed by atoms with E-state index in [2.05, 4.69) is 20.6 Å². The summed E-state index contributed by atoms with van der Waals surface area (Å²) in [6.45, 7) is 2.05. The van der Waals surface area contributed by atoms with Crippen molar-refractivity contribution in [1.82, 2.24) is 15.3 Å². The van der Waals surface area contributed by atoms with Crippen LogP contribution in [0.25, 0.3) is 11.0 Å². The third-order valence-electron chi connectivity index (χ3n) is 3.24. The molecule has 0 unspecified atom stereocenters. The molecule has 1 saturated heterocycles. The lowest BCUT2D eigenvalue weighted by atomic mass is 10.1. The molecule has 2 heterocycles. The second-order valence-electron chi connectivity index (χ2n) is 4.63. The van der Waals surface area contributed by atoms with Crippen molar-refractivity contribution in [3.63, 3.8) is 0 Å². The maximum Gasteiger partial charge on any atom is 0.169 e. The number of anilines is 2. The van der Waals surface area contributed by atoms with Gasteiger partial charge in [-0.3, -0.25) is 0 Å². The number of hydrogen-bond acceptors (Lipinski definition) is 5. The zero-order valence-corrected chi connectivity index (χ0v) is 11.4. The predicted octanol–water partition coefficient (Wildman–Crippen LogP) is 1.80. The lowest BCUT2D eigenvalue weighted by molar-refractivity contribution is 0.479. The maximum absolute atomic E-state index is 5.95. The average molecular weight is 280 g/mol. The Kier molecular flexibility index (Phi) is 4.39. The molecule has 0 saturated carbocycles. The van der Waals surface area contributed by atoms with Gasteiger partial charge >= 0.3 is 0 Å². The molecule has 1 aromatic heterocycles. The van der Waals surface area contributed by atoms with Crippen LogP contribution < -0.4 is 16.4 Å². The molecule has 1 atom stereocenters. The van der Waals surface area contributed by atoms with E-state index in [4.69, 9.17) is 5.73 Å². The van der Waals surface area contributed by atoms with Gasteiger partial charge in [-0.1, -0.05) is 12.1 Å². The number of hydrogen-bond donors (Lipinski definition) is 3. The van der Waals surface area contributed by atoms with Crippen LogP contribution in [0.15, 0.2) is 24.3 Å². The van der Waals surface area contributed by atoms with Gasteiger partial charge in [0.2, 0.25) is 0 Å². The van der Waals surface area contributed by atoms with Crippen molar-refractivity contribution in [2.45, 2.75) is 18.9 Å². The van der Waals surface area contributed by atoms with Gasteiger partial charge in [0, 0.05) is 12.6 Å². The third-order valence-corrected chi connectivity index (χ3v) is 3.24. The number of aromatic nitrogens is 2. The van der Waals surface area contributed by atoms with Gasteiger partial charge in [0.15, 0.2) is 11.6 Å². The molecular weight excluding hydrogens is 262 g/mol. The Labute approximate surface area is 118 Å². The molecule has 5 nitrogen and oxygen atoms in total. The molecule has 1 aliphatic rings. The van der Waals surface area contributed by atoms with Crippen molar-refractivity contribution < 1.29 is 0 Å². The fraction of sp³-hybridized carbons (Fsp3) is 0.385. The van der Waals surface area contributed by atoms with Crippen LogP contribution in [-0.4, -0.2) is 29.1 Å². The quantitative estimate of drug-likeness (QED) is 0.781. The van der Waals surface area contributed by atoms with Crippen LogP contribution in [0.5, 0.6) is 0 Å². The Morgan fingerprint density at radius 2 is 1.95 bits per heavy atom. The summed E-state index contributed by atoms with van der Waals surface area (Å²) in [4.78, 5) is 8.92. The SMILES string of the molecule is Cl.Nc1nc2ccccc2nc1N[C@@H]1CCCNC1. The van der Waals surface area contributed by atoms with E-state index in [1.54, 1.807) is 0 Å². The van der Waals surface area contributed by atoms with Crippen molar-refractivity contribution in [2.75, 3.05) is 24.1 Å². The smallest absolute Gasteiger partial charge is 0.169 e. The van der Waals surface area contributed by atoms with Crippen LogP contribution in [-0.2, 0) is 0 Å². The number of benzene rings is 1. The molecule has 0 amide bonds. The fourth-order valence-corrected chi connectivity index (χ4v) is 2.29. The summed E-state index contributed by atoms with van der Waals surface area (Å²) in [5.41, 5.74) is 7.66. The van der Waals surface area contributed by atoms with Crippen LogP contribution in [0.2, 0.25) is 0 Å². The van der Waals surface area contributed by atoms with Gasteiger partial charge in [0.1, 0.15) is 0 Å². The van der Waals surface area contributed by atoms with Crippen LogP contribution in [0.4, 0.5) is 11.6 Å². The molecule has 1 aliphatic heterocycles. The molecule has 1 aromatic carbocycles. The van der Waals surface area contributed by atoms with Gasteiger partial charge in [0.25, 0.3) is 0 Å². The molecule has 102 valence electrons. The number of nitrogens with zero attached hydrogens (tertiary/aromatic N) is 2. The van der Waals surface area contributed by atoms with Crippen molar-refractivity contribution >= 4 is 35.1 Å². The first-order chi connectivity index (χ1) is 8.83. The Hall–Kier alpha value is -1.59. The van der Waals surface area contributed by atoms with E-state index in [0.29, 0.717) is 17.7 Å². The Morgan fingerprint density at radius 3 is 2.63 bits per heavy atom. The molecule has 0 aliphatic carbocycles. The van der Waals surface area contributed by atoms with Crippen molar-refractivity contribution in [3.8, 4) is 0 Å². The lowest BCUT2D eigenvalue weighted by Gasteiger charge is -2.24. The first-order valence-electron chi connectivity index (χ1n) is 6.32. The molecular formula is C13H18ClN5. The summed E-state index contributed by atoms with van der Waals surface area (Å²) in [5.74, 6) is 1.17. The molecule has 19 heavy (non-hydrogen) atoms. The number of nitrogens with two attached hydrogens (primary N) is 1. The largest absolute Gasteiger partial charge is 0.381 e. The van der Waals surface area contributed by atoms with Crippen molar-refractivity contribution in [3.05, 3.63) is 24.3 Å². The molecule has 3 rings (SSSR count). The minimum atomic E-state index is 0. The summed E-state index contributed by atoms with van der Waals surface area (Å²) >= 11 is 0. The molecule has 0 radical (unpaired) electrons. The summed E-state index contributed by atoms with van der Waals surface area (Å²) in [7, 11) is 0. The minimum absolute atomic E-state index is 0. The number of para-hydroxylation sites is 2. The normalized spacial score (nSPS) is 18.8. The van der Waals surface area contributed by atoms with Gasteiger partial charge in [-0.15, -0.1) is 12.4 Å². The second kappa shape index (κ2) is 6.04. The van der Waals surface area contributed by atoms with Crippen LogP contribution >= 0.6 is 12.4 Å². The molecule has 1 fully saturated rings. The standard InChI is InChI=1S/C13H17N5.ClH/c14-12-13(16-9-4-3-7-15-8-9)18-11-6-2-1-5-10(11)17-12;/h1-2,5-6,9,15H,3-4,7-8H2,(H2,14,17)(H,16,18);1H/t9-;/m1./s1. The monoisotopic (exact) mass is 279 g/mol. The Morgan fingerprint density at radius 1 is 1.21 bits per heavy atom. The van der Waals surface area contributed by atoms with E-state index in [-0.39, 0.29) is 12.4 Å². The van der Waals surface area contributed by atoms with Gasteiger partial charge in [-0.2, -0.15) is 0 Å². The van der Waals surface area contributed by atoms with E-state index in [9.17, 15) is 0 Å². The zero-order valence-electron chi connectivity index (χ0n) is 10.6. The van der Waals surface area contributed by atoms with E-state index < -0.39 is 0 Å². The van der Waals surface area contributed by atoms with E-state index in [1.165, 1.54) is 6.42 Å². The fourth-order valence-electron chi connectivity index (χ4n) is 2.29. The highest BCUT2D eigenvalue weighted by molar-refractivity contribution is 5.85. The summed E-state index contributed by atoms with van der Waals surface area (Å²) in [6.07, 6.45) is 2.32. The van der Waals surface area contributed by atoms with E-state index in [0.717, 1.165) is 30.5 Å². The third kappa shape index (κ3) is 3.05.